The van der Waals surface area contributed by atoms with Crippen molar-refractivity contribution in [1.82, 2.24) is 5.32 Å². The lowest BCUT2D eigenvalue weighted by atomic mass is 10.1. The molecule has 7 nitrogen and oxygen atoms in total. The zero-order chi connectivity index (χ0) is 15.4. The molecule has 0 fully saturated rings. The van der Waals surface area contributed by atoms with Crippen LogP contribution in [-0.4, -0.2) is 17.4 Å². The number of unbranched alkanes of at least 4 members (excludes halogenated alkanes) is 1. The third-order valence-electron chi connectivity index (χ3n) is 3.00. The van der Waals surface area contributed by atoms with E-state index in [1.807, 2.05) is 6.92 Å². The summed E-state index contributed by atoms with van der Waals surface area (Å²) in [6.07, 6.45) is 1.77. The predicted molar refractivity (Wildman–Crippen MR) is 76.4 cm³/mol. The Morgan fingerprint density at radius 2 is 2.14 bits per heavy atom. The fourth-order valence-corrected chi connectivity index (χ4v) is 1.86. The first-order valence-corrected chi connectivity index (χ1v) is 6.53. The number of hydrogen-bond acceptors (Lipinski definition) is 5. The standard InChI is InChI=1S/C14H14N2O5/c1-2-3-6-15-13(17)12-7-9-4-5-10(16(19)20)8-11(9)14(18)21-12/h4-5,7-8H,2-3,6H2,1H3,(H,15,17). The molecule has 7 heteroatoms. The fraction of sp³-hybridized carbons (Fsp3) is 0.286. The second kappa shape index (κ2) is 6.17. The van der Waals surface area contributed by atoms with Gasteiger partial charge in [0.05, 0.1) is 10.3 Å². The Hall–Kier alpha value is -2.70. The Morgan fingerprint density at radius 1 is 1.38 bits per heavy atom. The average Bonchev–Trinajstić information content (AvgIpc) is 2.46. The molecule has 0 saturated heterocycles. The van der Waals surface area contributed by atoms with Crippen molar-refractivity contribution in [3.8, 4) is 0 Å². The maximum atomic E-state index is 11.8. The van der Waals surface area contributed by atoms with Crippen molar-refractivity contribution >= 4 is 22.4 Å². The number of rotatable bonds is 5. The van der Waals surface area contributed by atoms with Gasteiger partial charge in [-0.2, -0.15) is 0 Å². The number of nitro benzene ring substituents is 1. The third-order valence-corrected chi connectivity index (χ3v) is 3.00. The van der Waals surface area contributed by atoms with Crippen LogP contribution in [0.3, 0.4) is 0 Å². The van der Waals surface area contributed by atoms with E-state index in [-0.39, 0.29) is 16.8 Å². The van der Waals surface area contributed by atoms with E-state index in [0.717, 1.165) is 18.9 Å². The van der Waals surface area contributed by atoms with Crippen molar-refractivity contribution in [3.63, 3.8) is 0 Å². The van der Waals surface area contributed by atoms with Gasteiger partial charge < -0.3 is 9.73 Å². The minimum atomic E-state index is -0.767. The van der Waals surface area contributed by atoms with Crippen LogP contribution in [0, 0.1) is 10.1 Å². The van der Waals surface area contributed by atoms with E-state index in [4.69, 9.17) is 4.42 Å². The minimum Gasteiger partial charge on any atom is -0.417 e. The average molecular weight is 290 g/mol. The zero-order valence-corrected chi connectivity index (χ0v) is 11.4. The molecule has 0 spiro atoms. The number of amides is 1. The summed E-state index contributed by atoms with van der Waals surface area (Å²) in [4.78, 5) is 33.8. The molecule has 0 saturated carbocycles. The zero-order valence-electron chi connectivity index (χ0n) is 11.4. The summed E-state index contributed by atoms with van der Waals surface area (Å²) >= 11 is 0. The van der Waals surface area contributed by atoms with Crippen molar-refractivity contribution in [2.45, 2.75) is 19.8 Å². The van der Waals surface area contributed by atoms with Crippen LogP contribution in [0.5, 0.6) is 0 Å². The number of carbonyl (C=O) groups excluding carboxylic acids is 1. The smallest absolute Gasteiger partial charge is 0.344 e. The molecule has 21 heavy (non-hydrogen) atoms. The number of nitro groups is 1. The SMILES string of the molecule is CCCCNC(=O)c1cc2ccc([N+](=O)[O-])cc2c(=O)o1. The highest BCUT2D eigenvalue weighted by Gasteiger charge is 2.14. The molecular formula is C14H14N2O5. The summed E-state index contributed by atoms with van der Waals surface area (Å²) < 4.78 is 4.93. The van der Waals surface area contributed by atoms with Crippen LogP contribution in [0.4, 0.5) is 5.69 Å². The topological polar surface area (TPSA) is 102 Å². The number of fused-ring (bicyclic) bond motifs is 1. The number of nitrogens with one attached hydrogen (secondary N) is 1. The molecule has 0 atom stereocenters. The van der Waals surface area contributed by atoms with Gasteiger partial charge in [0.15, 0.2) is 5.76 Å². The van der Waals surface area contributed by atoms with Gasteiger partial charge >= 0.3 is 5.63 Å². The summed E-state index contributed by atoms with van der Waals surface area (Å²) in [7, 11) is 0. The van der Waals surface area contributed by atoms with Gasteiger partial charge in [-0.1, -0.05) is 13.3 Å². The maximum absolute atomic E-state index is 11.8. The normalized spacial score (nSPS) is 10.5. The summed E-state index contributed by atoms with van der Waals surface area (Å²) in [6, 6.07) is 5.25. The molecule has 1 aromatic carbocycles. The summed E-state index contributed by atoms with van der Waals surface area (Å²) in [5.74, 6) is -0.571. The number of hydrogen-bond donors (Lipinski definition) is 1. The first-order chi connectivity index (χ1) is 10.0. The van der Waals surface area contributed by atoms with E-state index in [2.05, 4.69) is 5.32 Å². The highest BCUT2D eigenvalue weighted by atomic mass is 16.6. The monoisotopic (exact) mass is 290 g/mol. The molecule has 0 bridgehead atoms. The molecule has 0 aliphatic rings. The van der Waals surface area contributed by atoms with E-state index in [1.54, 1.807) is 0 Å². The van der Waals surface area contributed by atoms with Gasteiger partial charge in [0, 0.05) is 18.7 Å². The molecule has 1 N–H and O–H groups in total. The number of non-ortho nitro benzene ring substituents is 1. The van der Waals surface area contributed by atoms with Gasteiger partial charge in [0.1, 0.15) is 0 Å². The molecule has 1 amide bonds. The number of carbonyl (C=O) groups is 1. The van der Waals surface area contributed by atoms with Gasteiger partial charge in [-0.15, -0.1) is 0 Å². The van der Waals surface area contributed by atoms with Crippen molar-refractivity contribution in [2.24, 2.45) is 0 Å². The molecular weight excluding hydrogens is 276 g/mol. The first kappa shape index (κ1) is 14.7. The predicted octanol–water partition coefficient (Wildman–Crippen LogP) is 2.23. The van der Waals surface area contributed by atoms with Crippen LogP contribution in [-0.2, 0) is 0 Å². The van der Waals surface area contributed by atoms with Crippen molar-refractivity contribution < 1.29 is 14.1 Å². The molecule has 2 aromatic rings. The van der Waals surface area contributed by atoms with Crippen molar-refractivity contribution in [1.29, 1.82) is 0 Å². The van der Waals surface area contributed by atoms with Crippen LogP contribution in [0.15, 0.2) is 33.5 Å². The highest BCUT2D eigenvalue weighted by Crippen LogP contribution is 2.19. The third kappa shape index (κ3) is 3.25. The largest absolute Gasteiger partial charge is 0.417 e. The molecule has 0 aliphatic carbocycles. The lowest BCUT2D eigenvalue weighted by Gasteiger charge is -2.04. The fourth-order valence-electron chi connectivity index (χ4n) is 1.86. The molecule has 1 aromatic heterocycles. The quantitative estimate of drug-likeness (QED) is 0.516. The second-order valence-electron chi connectivity index (χ2n) is 4.54. The van der Waals surface area contributed by atoms with Gasteiger partial charge in [-0.25, -0.2) is 4.79 Å². The maximum Gasteiger partial charge on any atom is 0.344 e. The van der Waals surface area contributed by atoms with Crippen LogP contribution in [0.2, 0.25) is 0 Å². The van der Waals surface area contributed by atoms with Gasteiger partial charge in [-0.05, 0) is 23.9 Å². The van der Waals surface area contributed by atoms with Crippen molar-refractivity contribution in [2.75, 3.05) is 6.54 Å². The van der Waals surface area contributed by atoms with Crippen LogP contribution in [0.25, 0.3) is 10.8 Å². The lowest BCUT2D eigenvalue weighted by Crippen LogP contribution is -2.25. The number of nitrogens with zero attached hydrogens (tertiary/aromatic N) is 1. The lowest BCUT2D eigenvalue weighted by molar-refractivity contribution is -0.384. The summed E-state index contributed by atoms with van der Waals surface area (Å²) in [5, 5.41) is 13.8. The molecule has 0 aliphatic heterocycles. The Kier molecular flexibility index (Phi) is 4.32. The van der Waals surface area contributed by atoms with E-state index < -0.39 is 16.5 Å². The van der Waals surface area contributed by atoms with E-state index >= 15 is 0 Å². The van der Waals surface area contributed by atoms with Crippen LogP contribution in [0.1, 0.15) is 30.3 Å². The second-order valence-corrected chi connectivity index (χ2v) is 4.54. The first-order valence-electron chi connectivity index (χ1n) is 6.53. The van der Waals surface area contributed by atoms with E-state index in [1.165, 1.54) is 18.2 Å². The minimum absolute atomic E-state index is 0.0781. The Balaban J connectivity index is 2.37. The number of benzene rings is 1. The summed E-state index contributed by atoms with van der Waals surface area (Å²) in [5.41, 5.74) is -0.966. The van der Waals surface area contributed by atoms with Crippen LogP contribution < -0.4 is 10.9 Å². The Morgan fingerprint density at radius 3 is 2.81 bits per heavy atom. The molecule has 0 radical (unpaired) electrons. The Bertz CT molecular complexity index is 751. The molecule has 110 valence electrons. The van der Waals surface area contributed by atoms with Gasteiger partial charge in [-0.3, -0.25) is 14.9 Å². The van der Waals surface area contributed by atoms with Crippen molar-refractivity contribution in [3.05, 3.63) is 50.6 Å². The van der Waals surface area contributed by atoms with E-state index in [0.29, 0.717) is 11.9 Å². The van der Waals surface area contributed by atoms with E-state index in [9.17, 15) is 19.7 Å². The van der Waals surface area contributed by atoms with Gasteiger partial charge in [0.2, 0.25) is 0 Å². The Labute approximate surface area is 119 Å². The summed E-state index contributed by atoms with van der Waals surface area (Å²) in [6.45, 7) is 2.49. The van der Waals surface area contributed by atoms with Gasteiger partial charge in [0.25, 0.3) is 11.6 Å². The van der Waals surface area contributed by atoms with Crippen LogP contribution >= 0.6 is 0 Å². The molecule has 0 unspecified atom stereocenters. The molecule has 2 rings (SSSR count). The molecule has 1 heterocycles. The highest BCUT2D eigenvalue weighted by molar-refractivity contribution is 5.95.